The number of rotatable bonds is 2. The van der Waals surface area contributed by atoms with Crippen LogP contribution in [0.5, 0.6) is 5.75 Å². The second kappa shape index (κ2) is 3.32. The number of aromatic hydroxyl groups is 1. The number of halogens is 1. The van der Waals surface area contributed by atoms with Gasteiger partial charge in [-0.25, -0.2) is 4.39 Å². The zero-order valence-electron chi connectivity index (χ0n) is 6.12. The SMILES string of the molecule is O=Cc1cc(F)cc(CO)c1O. The molecule has 0 aliphatic heterocycles. The lowest BCUT2D eigenvalue weighted by atomic mass is 10.1. The van der Waals surface area contributed by atoms with Gasteiger partial charge in [0, 0.05) is 5.56 Å². The summed E-state index contributed by atoms with van der Waals surface area (Å²) in [6, 6.07) is 1.88. The van der Waals surface area contributed by atoms with E-state index in [0.717, 1.165) is 12.1 Å². The van der Waals surface area contributed by atoms with E-state index in [1.165, 1.54) is 0 Å². The first-order valence-corrected chi connectivity index (χ1v) is 3.26. The first kappa shape index (κ1) is 8.67. The number of benzene rings is 1. The predicted molar refractivity (Wildman–Crippen MR) is 39.4 cm³/mol. The van der Waals surface area contributed by atoms with Crippen LogP contribution in [0.15, 0.2) is 12.1 Å². The van der Waals surface area contributed by atoms with Crippen molar-refractivity contribution in [1.82, 2.24) is 0 Å². The summed E-state index contributed by atoms with van der Waals surface area (Å²) in [4.78, 5) is 10.2. The van der Waals surface area contributed by atoms with Gasteiger partial charge in [0.15, 0.2) is 6.29 Å². The first-order chi connectivity index (χ1) is 5.69. The largest absolute Gasteiger partial charge is 0.507 e. The van der Waals surface area contributed by atoms with Crippen molar-refractivity contribution in [2.45, 2.75) is 6.61 Å². The summed E-state index contributed by atoms with van der Waals surface area (Å²) in [5, 5.41) is 17.8. The number of phenols is 1. The van der Waals surface area contributed by atoms with Gasteiger partial charge >= 0.3 is 0 Å². The number of carbonyl (C=O) groups is 1. The average molecular weight is 170 g/mol. The highest BCUT2D eigenvalue weighted by atomic mass is 19.1. The van der Waals surface area contributed by atoms with Crippen molar-refractivity contribution >= 4 is 6.29 Å². The molecule has 1 rings (SSSR count). The third kappa shape index (κ3) is 1.43. The van der Waals surface area contributed by atoms with Gasteiger partial charge in [-0.3, -0.25) is 4.79 Å². The summed E-state index contributed by atoms with van der Waals surface area (Å²) in [5.41, 5.74) is -0.142. The molecule has 4 heteroatoms. The molecule has 0 aromatic heterocycles. The normalized spacial score (nSPS) is 9.83. The molecular formula is C8H7FO3. The molecule has 0 bridgehead atoms. The van der Waals surface area contributed by atoms with Gasteiger partial charge in [0.05, 0.1) is 12.2 Å². The van der Waals surface area contributed by atoms with Gasteiger partial charge in [0.2, 0.25) is 0 Å². The van der Waals surface area contributed by atoms with Crippen LogP contribution < -0.4 is 0 Å². The zero-order valence-corrected chi connectivity index (χ0v) is 6.12. The summed E-state index contributed by atoms with van der Waals surface area (Å²) in [6.07, 6.45) is 0.331. The van der Waals surface area contributed by atoms with E-state index in [2.05, 4.69) is 0 Å². The highest BCUT2D eigenvalue weighted by molar-refractivity contribution is 5.79. The zero-order chi connectivity index (χ0) is 9.14. The van der Waals surface area contributed by atoms with Crippen molar-refractivity contribution in [3.8, 4) is 5.75 Å². The monoisotopic (exact) mass is 170 g/mol. The van der Waals surface area contributed by atoms with E-state index in [1.54, 1.807) is 0 Å². The van der Waals surface area contributed by atoms with Gasteiger partial charge < -0.3 is 10.2 Å². The smallest absolute Gasteiger partial charge is 0.153 e. The number of hydrogen-bond acceptors (Lipinski definition) is 3. The molecule has 1 aromatic carbocycles. The van der Waals surface area contributed by atoms with Crippen molar-refractivity contribution in [3.05, 3.63) is 29.1 Å². The second-order valence-corrected chi connectivity index (χ2v) is 2.28. The van der Waals surface area contributed by atoms with Crippen molar-refractivity contribution < 1.29 is 19.4 Å². The maximum absolute atomic E-state index is 12.6. The van der Waals surface area contributed by atoms with E-state index in [1.807, 2.05) is 0 Å². The third-order valence-corrected chi connectivity index (χ3v) is 1.48. The third-order valence-electron chi connectivity index (χ3n) is 1.48. The van der Waals surface area contributed by atoms with Gasteiger partial charge in [-0.1, -0.05) is 0 Å². The van der Waals surface area contributed by atoms with Crippen LogP contribution in [0, 0.1) is 5.82 Å². The van der Waals surface area contributed by atoms with Crippen LogP contribution in [0.4, 0.5) is 4.39 Å². The van der Waals surface area contributed by atoms with E-state index in [9.17, 15) is 9.18 Å². The van der Waals surface area contributed by atoms with Crippen molar-refractivity contribution in [2.75, 3.05) is 0 Å². The Labute approximate surface area is 68.1 Å². The van der Waals surface area contributed by atoms with Crippen LogP contribution in [0.2, 0.25) is 0 Å². The molecule has 64 valence electrons. The fourth-order valence-electron chi connectivity index (χ4n) is 0.889. The topological polar surface area (TPSA) is 57.5 Å². The molecule has 12 heavy (non-hydrogen) atoms. The highest BCUT2D eigenvalue weighted by Gasteiger charge is 2.07. The molecule has 3 nitrogen and oxygen atoms in total. The van der Waals surface area contributed by atoms with Crippen LogP contribution in [-0.4, -0.2) is 16.5 Å². The average Bonchev–Trinajstić information content (AvgIpc) is 2.08. The van der Waals surface area contributed by atoms with Gasteiger partial charge in [-0.15, -0.1) is 0 Å². The molecule has 1 aromatic rings. The van der Waals surface area contributed by atoms with Crippen LogP contribution in [0.1, 0.15) is 15.9 Å². The predicted octanol–water partition coefficient (Wildman–Crippen LogP) is 0.836. The molecule has 2 N–H and O–H groups in total. The molecule has 0 aliphatic carbocycles. The Morgan fingerprint density at radius 2 is 2.17 bits per heavy atom. The quantitative estimate of drug-likeness (QED) is 0.646. The number of hydrogen-bond donors (Lipinski definition) is 2. The molecule has 0 spiro atoms. The molecular weight excluding hydrogens is 163 g/mol. The van der Waals surface area contributed by atoms with Crippen LogP contribution in [0.25, 0.3) is 0 Å². The number of aliphatic hydroxyl groups is 1. The van der Waals surface area contributed by atoms with Gasteiger partial charge in [0.25, 0.3) is 0 Å². The molecule has 0 aliphatic rings. The van der Waals surface area contributed by atoms with Gasteiger partial charge in [-0.05, 0) is 12.1 Å². The van der Waals surface area contributed by atoms with Crippen LogP contribution in [0.3, 0.4) is 0 Å². The van der Waals surface area contributed by atoms with Crippen molar-refractivity contribution in [2.24, 2.45) is 0 Å². The summed E-state index contributed by atoms with van der Waals surface area (Å²) in [6.45, 7) is -0.496. The standard InChI is InChI=1S/C8H7FO3/c9-7-1-5(3-10)8(12)6(2-7)4-11/h1-3,11-12H,4H2. The lowest BCUT2D eigenvalue weighted by Gasteiger charge is -2.02. The Kier molecular flexibility index (Phi) is 2.40. The Balaban J connectivity index is 3.31. The fourth-order valence-corrected chi connectivity index (χ4v) is 0.889. The first-order valence-electron chi connectivity index (χ1n) is 3.26. The lowest BCUT2D eigenvalue weighted by molar-refractivity contribution is 0.112. The molecule has 0 saturated carbocycles. The van der Waals surface area contributed by atoms with Crippen molar-refractivity contribution in [3.63, 3.8) is 0 Å². The fraction of sp³-hybridized carbons (Fsp3) is 0.125. The summed E-state index contributed by atoms with van der Waals surface area (Å²) >= 11 is 0. The number of aliphatic hydroxyl groups excluding tert-OH is 1. The van der Waals surface area contributed by atoms with Crippen LogP contribution in [-0.2, 0) is 6.61 Å². The van der Waals surface area contributed by atoms with E-state index < -0.39 is 12.4 Å². The minimum Gasteiger partial charge on any atom is -0.507 e. The Morgan fingerprint density at radius 3 is 2.67 bits per heavy atom. The molecule has 0 heterocycles. The molecule has 0 radical (unpaired) electrons. The summed E-state index contributed by atoms with van der Waals surface area (Å²) in [7, 11) is 0. The Morgan fingerprint density at radius 1 is 1.50 bits per heavy atom. The Bertz CT molecular complexity index is 309. The van der Waals surface area contributed by atoms with E-state index in [4.69, 9.17) is 10.2 Å². The number of aldehydes is 1. The van der Waals surface area contributed by atoms with E-state index in [0.29, 0.717) is 6.29 Å². The Hall–Kier alpha value is -1.42. The summed E-state index contributed by atoms with van der Waals surface area (Å²) < 4.78 is 12.6. The number of carbonyl (C=O) groups excluding carboxylic acids is 1. The lowest BCUT2D eigenvalue weighted by Crippen LogP contribution is -1.91. The minimum absolute atomic E-state index is 0.0112. The molecule has 0 atom stereocenters. The maximum Gasteiger partial charge on any atom is 0.153 e. The molecule has 0 fully saturated rings. The second-order valence-electron chi connectivity index (χ2n) is 2.28. The van der Waals surface area contributed by atoms with Gasteiger partial charge in [0.1, 0.15) is 11.6 Å². The minimum atomic E-state index is -0.654. The van der Waals surface area contributed by atoms with E-state index >= 15 is 0 Å². The highest BCUT2D eigenvalue weighted by Crippen LogP contribution is 2.22. The van der Waals surface area contributed by atoms with Crippen LogP contribution >= 0.6 is 0 Å². The molecule has 0 amide bonds. The van der Waals surface area contributed by atoms with Gasteiger partial charge in [-0.2, -0.15) is 0 Å². The summed E-state index contributed by atoms with van der Waals surface area (Å²) in [5.74, 6) is -1.02. The van der Waals surface area contributed by atoms with E-state index in [-0.39, 0.29) is 16.9 Å². The molecule has 0 saturated heterocycles. The molecule has 0 unspecified atom stereocenters. The van der Waals surface area contributed by atoms with Crippen molar-refractivity contribution in [1.29, 1.82) is 0 Å². The maximum atomic E-state index is 12.6.